The van der Waals surface area contributed by atoms with E-state index in [1.165, 1.54) is 0 Å². The van der Waals surface area contributed by atoms with E-state index in [1.54, 1.807) is 18.2 Å². The lowest BCUT2D eigenvalue weighted by Gasteiger charge is -2.33. The number of carbonyl (C=O) groups excluding carboxylic acids is 1. The summed E-state index contributed by atoms with van der Waals surface area (Å²) in [6, 6.07) is 9.17. The summed E-state index contributed by atoms with van der Waals surface area (Å²) in [5.41, 5.74) is 1.63. The minimum atomic E-state index is -0.209. The van der Waals surface area contributed by atoms with Crippen LogP contribution in [0.1, 0.15) is 37.0 Å². The fourth-order valence-corrected chi connectivity index (χ4v) is 3.48. The van der Waals surface area contributed by atoms with Gasteiger partial charge in [-0.25, -0.2) is 4.79 Å². The van der Waals surface area contributed by atoms with Crippen molar-refractivity contribution in [3.8, 4) is 0 Å². The Morgan fingerprint density at radius 2 is 2.29 bits per heavy atom. The second-order valence-electron chi connectivity index (χ2n) is 6.84. The Balaban J connectivity index is 1.49. The van der Waals surface area contributed by atoms with E-state index < -0.39 is 0 Å². The molecule has 146 valence electrons. The molecule has 2 amide bonds. The van der Waals surface area contributed by atoms with E-state index in [0.717, 1.165) is 35.9 Å². The molecule has 8 nitrogen and oxygen atoms in total. The molecular formula is C20H23N5O3. The van der Waals surface area contributed by atoms with Crippen LogP contribution in [-0.2, 0) is 11.2 Å². The second kappa shape index (κ2) is 8.35. The smallest absolute Gasteiger partial charge is 0.322 e. The fourth-order valence-electron chi connectivity index (χ4n) is 3.48. The number of methoxy groups -OCH3 is 1. The predicted molar refractivity (Wildman–Crippen MR) is 104 cm³/mol. The number of aromatic nitrogens is 3. The van der Waals surface area contributed by atoms with Crippen molar-refractivity contribution in [1.29, 1.82) is 0 Å². The van der Waals surface area contributed by atoms with Crippen molar-refractivity contribution in [2.45, 2.75) is 31.7 Å². The van der Waals surface area contributed by atoms with Crippen molar-refractivity contribution >= 4 is 22.6 Å². The van der Waals surface area contributed by atoms with Gasteiger partial charge in [0.1, 0.15) is 6.04 Å². The minimum Gasteiger partial charge on any atom is -0.384 e. The van der Waals surface area contributed by atoms with Crippen LogP contribution >= 0.6 is 0 Å². The summed E-state index contributed by atoms with van der Waals surface area (Å²) < 4.78 is 10.5. The predicted octanol–water partition coefficient (Wildman–Crippen LogP) is 3.57. The Hall–Kier alpha value is -3.00. The van der Waals surface area contributed by atoms with Crippen LogP contribution in [0.25, 0.3) is 10.9 Å². The second-order valence-corrected chi connectivity index (χ2v) is 6.84. The summed E-state index contributed by atoms with van der Waals surface area (Å²) in [6.45, 7) is 1.19. The number of hydrogen-bond acceptors (Lipinski definition) is 6. The highest BCUT2D eigenvalue weighted by Crippen LogP contribution is 2.30. The van der Waals surface area contributed by atoms with Gasteiger partial charge in [-0.2, -0.15) is 4.98 Å². The Labute approximate surface area is 162 Å². The maximum Gasteiger partial charge on any atom is 0.322 e. The molecule has 8 heteroatoms. The molecule has 2 aromatic heterocycles. The molecule has 1 aromatic carbocycles. The highest BCUT2D eigenvalue weighted by Gasteiger charge is 2.32. The number of carbonyl (C=O) groups is 1. The number of pyridine rings is 1. The summed E-state index contributed by atoms with van der Waals surface area (Å²) in [5, 5.41) is 7.99. The van der Waals surface area contributed by atoms with Crippen molar-refractivity contribution in [3.63, 3.8) is 0 Å². The molecule has 1 aliphatic rings. The number of nitrogens with one attached hydrogen (secondary N) is 1. The van der Waals surface area contributed by atoms with Crippen LogP contribution in [0.2, 0.25) is 0 Å². The van der Waals surface area contributed by atoms with Crippen LogP contribution in [-0.4, -0.2) is 46.3 Å². The number of amides is 2. The van der Waals surface area contributed by atoms with Crippen molar-refractivity contribution < 1.29 is 14.1 Å². The van der Waals surface area contributed by atoms with Gasteiger partial charge in [-0.1, -0.05) is 11.2 Å². The molecular weight excluding hydrogens is 358 g/mol. The molecule has 0 unspecified atom stereocenters. The Morgan fingerprint density at radius 3 is 3.18 bits per heavy atom. The first-order valence-electron chi connectivity index (χ1n) is 9.48. The van der Waals surface area contributed by atoms with E-state index in [9.17, 15) is 4.79 Å². The quantitative estimate of drug-likeness (QED) is 0.726. The maximum atomic E-state index is 13.0. The van der Waals surface area contributed by atoms with Gasteiger partial charge in [0.15, 0.2) is 5.82 Å². The summed E-state index contributed by atoms with van der Waals surface area (Å²) >= 11 is 0. The van der Waals surface area contributed by atoms with E-state index in [4.69, 9.17) is 9.26 Å². The third-order valence-electron chi connectivity index (χ3n) is 4.92. The number of benzene rings is 1. The van der Waals surface area contributed by atoms with E-state index in [-0.39, 0.29) is 12.1 Å². The Kier molecular flexibility index (Phi) is 5.48. The average molecular weight is 381 g/mol. The van der Waals surface area contributed by atoms with E-state index >= 15 is 0 Å². The van der Waals surface area contributed by atoms with E-state index in [1.807, 2.05) is 30.3 Å². The zero-order valence-electron chi connectivity index (χ0n) is 15.8. The molecule has 3 aromatic rings. The molecule has 1 aliphatic heterocycles. The van der Waals surface area contributed by atoms with Gasteiger partial charge in [0, 0.05) is 37.3 Å². The van der Waals surface area contributed by atoms with Gasteiger partial charge in [-0.3, -0.25) is 4.98 Å². The zero-order chi connectivity index (χ0) is 19.3. The molecule has 0 spiro atoms. The molecule has 28 heavy (non-hydrogen) atoms. The molecule has 3 heterocycles. The SMILES string of the molecule is COCCc1noc([C@@H]2CCCCN2C(=O)Nc2ccc3ncccc3c2)n1. The number of piperidine rings is 1. The monoisotopic (exact) mass is 381 g/mol. The number of ether oxygens (including phenoxy) is 1. The molecule has 4 rings (SSSR count). The number of rotatable bonds is 5. The molecule has 0 saturated carbocycles. The molecule has 0 aliphatic carbocycles. The first kappa shape index (κ1) is 18.4. The van der Waals surface area contributed by atoms with Crippen LogP contribution in [0, 0.1) is 0 Å². The molecule has 0 bridgehead atoms. The third-order valence-corrected chi connectivity index (χ3v) is 4.92. The van der Waals surface area contributed by atoms with Gasteiger partial charge >= 0.3 is 6.03 Å². The number of fused-ring (bicyclic) bond motifs is 1. The van der Waals surface area contributed by atoms with E-state index in [0.29, 0.717) is 31.3 Å². The highest BCUT2D eigenvalue weighted by atomic mass is 16.5. The van der Waals surface area contributed by atoms with Gasteiger partial charge in [-0.15, -0.1) is 0 Å². The molecule has 1 atom stereocenters. The van der Waals surface area contributed by atoms with Gasteiger partial charge in [-0.05, 0) is 43.5 Å². The minimum absolute atomic E-state index is 0.162. The van der Waals surface area contributed by atoms with Gasteiger partial charge in [0.2, 0.25) is 5.89 Å². The number of anilines is 1. The summed E-state index contributed by atoms with van der Waals surface area (Å²) in [4.78, 5) is 23.5. The van der Waals surface area contributed by atoms with Gasteiger partial charge in [0.05, 0.1) is 12.1 Å². The Morgan fingerprint density at radius 1 is 1.36 bits per heavy atom. The van der Waals surface area contributed by atoms with E-state index in [2.05, 4.69) is 20.4 Å². The largest absolute Gasteiger partial charge is 0.384 e. The molecule has 1 fully saturated rings. The van der Waals surface area contributed by atoms with Crippen molar-refractivity contribution in [2.75, 3.05) is 25.6 Å². The zero-order valence-corrected chi connectivity index (χ0v) is 15.8. The third kappa shape index (κ3) is 3.96. The van der Waals surface area contributed by atoms with Crippen LogP contribution in [0.4, 0.5) is 10.5 Å². The highest BCUT2D eigenvalue weighted by molar-refractivity contribution is 5.92. The van der Waals surface area contributed by atoms with Crippen molar-refractivity contribution in [1.82, 2.24) is 20.0 Å². The summed E-state index contributed by atoms with van der Waals surface area (Å²) in [5.74, 6) is 1.09. The average Bonchev–Trinajstić information content (AvgIpc) is 3.21. The van der Waals surface area contributed by atoms with Crippen LogP contribution in [0.3, 0.4) is 0 Å². The fraction of sp³-hybridized carbons (Fsp3) is 0.400. The first-order chi connectivity index (χ1) is 13.7. The van der Waals surface area contributed by atoms with Gasteiger partial charge < -0.3 is 19.5 Å². The van der Waals surface area contributed by atoms with Crippen LogP contribution in [0.5, 0.6) is 0 Å². The summed E-state index contributed by atoms with van der Waals surface area (Å²) in [7, 11) is 1.64. The molecule has 0 radical (unpaired) electrons. The van der Waals surface area contributed by atoms with Crippen LogP contribution in [0.15, 0.2) is 41.1 Å². The number of nitrogens with zero attached hydrogens (tertiary/aromatic N) is 4. The lowest BCUT2D eigenvalue weighted by molar-refractivity contribution is 0.142. The summed E-state index contributed by atoms with van der Waals surface area (Å²) in [6.07, 6.45) is 5.12. The first-order valence-corrected chi connectivity index (χ1v) is 9.48. The molecule has 1 N–H and O–H groups in total. The van der Waals surface area contributed by atoms with Crippen molar-refractivity contribution in [2.24, 2.45) is 0 Å². The lowest BCUT2D eigenvalue weighted by Crippen LogP contribution is -2.41. The maximum absolute atomic E-state index is 13.0. The normalized spacial score (nSPS) is 17.0. The van der Waals surface area contributed by atoms with Crippen LogP contribution < -0.4 is 5.32 Å². The Bertz CT molecular complexity index is 958. The standard InChI is InChI=1S/C20H23N5O3/c1-27-12-9-18-23-19(28-24-18)17-6-2-3-11-25(17)20(26)22-15-7-8-16-14(13-15)5-4-10-21-16/h4-5,7-8,10,13,17H,2-3,6,9,11-12H2,1H3,(H,22,26)/t17-/m0/s1. The van der Waals surface area contributed by atoms with Gasteiger partial charge in [0.25, 0.3) is 0 Å². The topological polar surface area (TPSA) is 93.4 Å². The molecule has 1 saturated heterocycles. The number of urea groups is 1. The number of hydrogen-bond donors (Lipinski definition) is 1. The number of likely N-dealkylation sites (tertiary alicyclic amines) is 1. The lowest BCUT2D eigenvalue weighted by atomic mass is 10.0. The van der Waals surface area contributed by atoms with Crippen molar-refractivity contribution in [3.05, 3.63) is 48.2 Å².